The van der Waals surface area contributed by atoms with Crippen molar-refractivity contribution in [2.45, 2.75) is 37.0 Å². The van der Waals surface area contributed by atoms with Crippen molar-refractivity contribution in [3.8, 4) is 0 Å². The lowest BCUT2D eigenvalue weighted by molar-refractivity contribution is -0.385. The van der Waals surface area contributed by atoms with Gasteiger partial charge in [0.15, 0.2) is 12.6 Å². The Morgan fingerprint density at radius 1 is 0.781 bits per heavy atom. The molecule has 0 aliphatic carbocycles. The number of aliphatic hydroxyl groups excluding tert-OH is 2. The van der Waals surface area contributed by atoms with E-state index in [0.717, 1.165) is 0 Å². The van der Waals surface area contributed by atoms with E-state index >= 15 is 0 Å². The monoisotopic (exact) mass is 448 g/mol. The molecule has 2 fully saturated rings. The zero-order valence-corrected chi connectivity index (χ0v) is 16.6. The average Bonchev–Trinajstić information content (AvgIpc) is 3.48. The number of benzene rings is 2. The van der Waals surface area contributed by atoms with Gasteiger partial charge in [-0.25, -0.2) is 0 Å². The second-order valence-electron chi connectivity index (χ2n) is 7.36. The number of hydrogen-bond donors (Lipinski definition) is 2. The third-order valence-corrected chi connectivity index (χ3v) is 5.24. The minimum absolute atomic E-state index is 0.0481. The van der Waals surface area contributed by atoms with Crippen LogP contribution in [0.15, 0.2) is 48.5 Å². The van der Waals surface area contributed by atoms with Crippen LogP contribution in [0.2, 0.25) is 0 Å². The normalized spacial score (nSPS) is 27.2. The molecule has 6 atom stereocenters. The van der Waals surface area contributed by atoms with Crippen LogP contribution in [0.5, 0.6) is 0 Å². The summed E-state index contributed by atoms with van der Waals surface area (Å²) in [6, 6.07) is 11.5. The Hall–Kier alpha value is -3.00. The molecular weight excluding hydrogens is 428 g/mol. The first kappa shape index (κ1) is 22.2. The van der Waals surface area contributed by atoms with Crippen molar-refractivity contribution >= 4 is 11.4 Å². The topological polar surface area (TPSA) is 164 Å². The molecule has 0 bridgehead atoms. The first-order chi connectivity index (χ1) is 15.3. The van der Waals surface area contributed by atoms with Crippen molar-refractivity contribution in [1.82, 2.24) is 0 Å². The minimum Gasteiger partial charge on any atom is -0.387 e. The fourth-order valence-electron chi connectivity index (χ4n) is 3.56. The Labute approximate surface area is 181 Å². The van der Waals surface area contributed by atoms with E-state index in [1.165, 1.54) is 36.4 Å². The first-order valence-corrected chi connectivity index (χ1v) is 9.72. The van der Waals surface area contributed by atoms with Crippen LogP contribution in [0, 0.1) is 20.2 Å². The molecule has 2 N–H and O–H groups in total. The number of non-ortho nitro benzene ring substituents is 2. The molecular formula is C20H20N2O10. The summed E-state index contributed by atoms with van der Waals surface area (Å²) < 4.78 is 22.3. The van der Waals surface area contributed by atoms with Gasteiger partial charge in [0, 0.05) is 35.4 Å². The Bertz CT molecular complexity index is 922. The molecule has 2 aliphatic rings. The maximum absolute atomic E-state index is 10.9. The molecule has 2 aliphatic heterocycles. The summed E-state index contributed by atoms with van der Waals surface area (Å²) in [5.41, 5.74) is 0.578. The van der Waals surface area contributed by atoms with Crippen molar-refractivity contribution in [3.05, 3.63) is 79.9 Å². The zero-order chi connectivity index (χ0) is 22.8. The molecule has 0 saturated carbocycles. The zero-order valence-electron chi connectivity index (χ0n) is 16.6. The molecule has 0 aromatic heterocycles. The Kier molecular flexibility index (Phi) is 6.41. The number of aliphatic hydroxyl groups is 2. The molecule has 170 valence electrons. The lowest BCUT2D eigenvalue weighted by Crippen LogP contribution is -2.46. The van der Waals surface area contributed by atoms with E-state index in [0.29, 0.717) is 11.1 Å². The molecule has 2 aromatic rings. The van der Waals surface area contributed by atoms with E-state index in [1.807, 2.05) is 0 Å². The lowest BCUT2D eigenvalue weighted by atomic mass is 10.0. The van der Waals surface area contributed by atoms with Gasteiger partial charge < -0.3 is 29.2 Å². The molecule has 2 unspecified atom stereocenters. The van der Waals surface area contributed by atoms with Crippen LogP contribution in [0.1, 0.15) is 23.7 Å². The number of nitro groups is 2. The third kappa shape index (κ3) is 4.60. The van der Waals surface area contributed by atoms with Crippen molar-refractivity contribution in [2.24, 2.45) is 0 Å². The molecule has 2 aromatic carbocycles. The highest BCUT2D eigenvalue weighted by Crippen LogP contribution is 2.34. The van der Waals surface area contributed by atoms with Gasteiger partial charge in [0.1, 0.15) is 24.4 Å². The van der Waals surface area contributed by atoms with Crippen LogP contribution in [0.25, 0.3) is 0 Å². The van der Waals surface area contributed by atoms with Crippen LogP contribution in [0.4, 0.5) is 11.4 Å². The van der Waals surface area contributed by atoms with Gasteiger partial charge in [-0.05, 0) is 0 Å². The highest BCUT2D eigenvalue weighted by Gasteiger charge is 2.42. The molecule has 4 rings (SSSR count). The smallest absolute Gasteiger partial charge is 0.269 e. The summed E-state index contributed by atoms with van der Waals surface area (Å²) in [4.78, 5) is 20.8. The van der Waals surface area contributed by atoms with Crippen LogP contribution in [-0.4, -0.2) is 57.7 Å². The summed E-state index contributed by atoms with van der Waals surface area (Å²) in [5.74, 6) is 0. The van der Waals surface area contributed by atoms with Crippen molar-refractivity contribution in [3.63, 3.8) is 0 Å². The van der Waals surface area contributed by atoms with Crippen molar-refractivity contribution < 1.29 is 39.0 Å². The fraction of sp³-hybridized carbons (Fsp3) is 0.400. The van der Waals surface area contributed by atoms with Crippen LogP contribution >= 0.6 is 0 Å². The Balaban J connectivity index is 1.37. The number of nitro benzene ring substituents is 2. The van der Waals surface area contributed by atoms with Gasteiger partial charge in [0.05, 0.1) is 23.1 Å². The maximum atomic E-state index is 10.9. The second-order valence-corrected chi connectivity index (χ2v) is 7.36. The van der Waals surface area contributed by atoms with Gasteiger partial charge in [0.25, 0.3) is 11.4 Å². The number of rotatable bonds is 7. The first-order valence-electron chi connectivity index (χ1n) is 9.72. The molecule has 12 nitrogen and oxygen atoms in total. The van der Waals surface area contributed by atoms with Gasteiger partial charge in [-0.15, -0.1) is 0 Å². The fourth-order valence-corrected chi connectivity index (χ4v) is 3.56. The van der Waals surface area contributed by atoms with Crippen molar-refractivity contribution in [1.29, 1.82) is 0 Å². The van der Waals surface area contributed by atoms with E-state index in [-0.39, 0.29) is 24.6 Å². The van der Waals surface area contributed by atoms with E-state index in [1.54, 1.807) is 12.1 Å². The summed E-state index contributed by atoms with van der Waals surface area (Å²) in [6.07, 6.45) is -6.46. The predicted octanol–water partition coefficient (Wildman–Crippen LogP) is 1.75. The Morgan fingerprint density at radius 2 is 1.19 bits per heavy atom. The van der Waals surface area contributed by atoms with Crippen LogP contribution < -0.4 is 0 Å². The molecule has 12 heteroatoms. The van der Waals surface area contributed by atoms with Crippen LogP contribution in [-0.2, 0) is 18.9 Å². The van der Waals surface area contributed by atoms with Crippen molar-refractivity contribution in [2.75, 3.05) is 13.2 Å². The predicted molar refractivity (Wildman–Crippen MR) is 105 cm³/mol. The quantitative estimate of drug-likeness (QED) is 0.471. The molecule has 0 radical (unpaired) electrons. The average molecular weight is 448 g/mol. The maximum Gasteiger partial charge on any atom is 0.269 e. The van der Waals surface area contributed by atoms with Crippen LogP contribution in [0.3, 0.4) is 0 Å². The molecule has 0 spiro atoms. The second kappa shape index (κ2) is 9.24. The number of hydrogen-bond acceptors (Lipinski definition) is 10. The summed E-state index contributed by atoms with van der Waals surface area (Å²) in [6.45, 7) is -0.0963. The number of nitrogens with zero attached hydrogens (tertiary/aromatic N) is 2. The molecule has 2 saturated heterocycles. The number of ether oxygens (including phenoxy) is 4. The molecule has 2 heterocycles. The Morgan fingerprint density at radius 3 is 1.56 bits per heavy atom. The van der Waals surface area contributed by atoms with E-state index in [2.05, 4.69) is 0 Å². The third-order valence-electron chi connectivity index (χ3n) is 5.24. The highest BCUT2D eigenvalue weighted by molar-refractivity contribution is 5.35. The molecule has 32 heavy (non-hydrogen) atoms. The molecule has 0 amide bonds. The van der Waals surface area contributed by atoms with Gasteiger partial charge in [-0.2, -0.15) is 0 Å². The van der Waals surface area contributed by atoms with E-state index in [9.17, 15) is 30.4 Å². The summed E-state index contributed by atoms with van der Waals surface area (Å²) in [5, 5.41) is 43.0. The van der Waals surface area contributed by atoms with Gasteiger partial charge >= 0.3 is 0 Å². The largest absolute Gasteiger partial charge is 0.387 e. The summed E-state index contributed by atoms with van der Waals surface area (Å²) in [7, 11) is 0. The van der Waals surface area contributed by atoms with Gasteiger partial charge in [-0.1, -0.05) is 24.3 Å². The lowest BCUT2D eigenvalue weighted by Gasteiger charge is -2.25. The van der Waals surface area contributed by atoms with E-state index in [4.69, 9.17) is 18.9 Å². The van der Waals surface area contributed by atoms with Gasteiger partial charge in [-0.3, -0.25) is 20.2 Å². The van der Waals surface area contributed by atoms with Gasteiger partial charge in [0.2, 0.25) is 0 Å². The highest BCUT2D eigenvalue weighted by atomic mass is 16.7. The SMILES string of the molecule is O=[N+]([O-])c1cccc(C2OC[C@@H]([C@@H](O)[C@H](O)[C@H]3COC(c4cccc([N+](=O)[O-])c4)O3)O2)c1. The standard InChI is InChI=1S/C20H20N2O10/c23-17(15-9-29-19(31-15)11-3-1-5-13(7-11)21(25)26)18(24)16-10-30-20(32-16)12-4-2-6-14(8-12)22(27)28/h1-8,15-20,23-24H,9-10H2/t15-,16+,17-,18-,19?,20?/m1/s1. The minimum atomic E-state index is -1.39. The van der Waals surface area contributed by atoms with E-state index < -0.39 is 46.8 Å². The summed E-state index contributed by atoms with van der Waals surface area (Å²) >= 11 is 0.